The summed E-state index contributed by atoms with van der Waals surface area (Å²) in [5.41, 5.74) is 1.06. The second-order valence-electron chi connectivity index (χ2n) is 3.30. The minimum atomic E-state index is 0.160. The molecule has 3 nitrogen and oxygen atoms in total. The molecule has 0 aliphatic heterocycles. The molecular formula is C10H12ClN3S2. The van der Waals surface area contributed by atoms with Gasteiger partial charge >= 0.3 is 0 Å². The normalized spacial score (nSPS) is 12.9. The van der Waals surface area contributed by atoms with E-state index in [0.717, 1.165) is 16.5 Å². The van der Waals surface area contributed by atoms with Crippen LogP contribution in [0.1, 0.15) is 28.4 Å². The number of halogens is 1. The first kappa shape index (κ1) is 12.0. The maximum absolute atomic E-state index is 5.96. The first-order valence-electron chi connectivity index (χ1n) is 4.99. The van der Waals surface area contributed by atoms with Gasteiger partial charge in [-0.3, -0.25) is 0 Å². The van der Waals surface area contributed by atoms with Crippen LogP contribution in [0.5, 0.6) is 0 Å². The molecule has 0 fully saturated rings. The van der Waals surface area contributed by atoms with Crippen LogP contribution in [0.2, 0.25) is 4.34 Å². The van der Waals surface area contributed by atoms with Gasteiger partial charge in [0.05, 0.1) is 20.9 Å². The summed E-state index contributed by atoms with van der Waals surface area (Å²) in [6, 6.07) is 4.13. The molecule has 6 heteroatoms. The highest BCUT2D eigenvalue weighted by atomic mass is 35.5. The van der Waals surface area contributed by atoms with Gasteiger partial charge in [0.2, 0.25) is 0 Å². The summed E-state index contributed by atoms with van der Waals surface area (Å²) in [5.74, 6) is 0. The quantitative estimate of drug-likeness (QED) is 0.930. The highest BCUT2D eigenvalue weighted by molar-refractivity contribution is 7.16. The molecule has 1 unspecified atom stereocenters. The first-order valence-corrected chi connectivity index (χ1v) is 6.96. The van der Waals surface area contributed by atoms with Crippen LogP contribution < -0.4 is 5.32 Å². The van der Waals surface area contributed by atoms with Gasteiger partial charge in [0.1, 0.15) is 0 Å². The van der Waals surface area contributed by atoms with E-state index in [-0.39, 0.29) is 6.04 Å². The average Bonchev–Trinajstić information content (AvgIpc) is 2.89. The molecule has 0 saturated heterocycles. The van der Waals surface area contributed by atoms with Crippen LogP contribution in [0.25, 0.3) is 0 Å². The number of nitrogens with zero attached hydrogens (tertiary/aromatic N) is 2. The summed E-state index contributed by atoms with van der Waals surface area (Å²) in [7, 11) is 1.94. The van der Waals surface area contributed by atoms with Gasteiger partial charge in [-0.2, -0.15) is 0 Å². The highest BCUT2D eigenvalue weighted by Crippen LogP contribution is 2.33. The SMILES string of the molecule is CCc1nnsc1C(NC)c1ccc(Cl)s1. The molecule has 2 aromatic rings. The summed E-state index contributed by atoms with van der Waals surface area (Å²) in [6.45, 7) is 2.09. The van der Waals surface area contributed by atoms with Gasteiger partial charge in [-0.25, -0.2) is 0 Å². The first-order chi connectivity index (χ1) is 7.76. The Morgan fingerprint density at radius 3 is 2.88 bits per heavy atom. The van der Waals surface area contributed by atoms with Crippen molar-refractivity contribution in [3.8, 4) is 0 Å². The van der Waals surface area contributed by atoms with E-state index in [1.54, 1.807) is 11.3 Å². The Morgan fingerprint density at radius 1 is 1.50 bits per heavy atom. The van der Waals surface area contributed by atoms with Crippen LogP contribution in [-0.4, -0.2) is 16.6 Å². The van der Waals surface area contributed by atoms with Gasteiger partial charge in [-0.1, -0.05) is 23.0 Å². The molecule has 2 heterocycles. The fourth-order valence-corrected chi connectivity index (χ4v) is 3.69. The molecule has 0 radical (unpaired) electrons. The lowest BCUT2D eigenvalue weighted by Crippen LogP contribution is -2.16. The minimum absolute atomic E-state index is 0.160. The Morgan fingerprint density at radius 2 is 2.31 bits per heavy atom. The Kier molecular flexibility index (Phi) is 3.91. The van der Waals surface area contributed by atoms with Crippen molar-refractivity contribution in [1.29, 1.82) is 0 Å². The number of aryl methyl sites for hydroxylation is 1. The largest absolute Gasteiger partial charge is 0.308 e. The van der Waals surface area contributed by atoms with Crippen LogP contribution in [0.15, 0.2) is 12.1 Å². The summed E-state index contributed by atoms with van der Waals surface area (Å²) in [6.07, 6.45) is 0.906. The second kappa shape index (κ2) is 5.23. The second-order valence-corrected chi connectivity index (χ2v) is 5.83. The molecule has 1 N–H and O–H groups in total. The summed E-state index contributed by atoms with van der Waals surface area (Å²) in [4.78, 5) is 2.39. The molecule has 86 valence electrons. The Labute approximate surface area is 108 Å². The standard InChI is InChI=1S/C10H12ClN3S2/c1-3-6-10(16-14-13-6)9(12-2)7-4-5-8(11)15-7/h4-5,9,12H,3H2,1-2H3. The lowest BCUT2D eigenvalue weighted by molar-refractivity contribution is 0.704. The van der Waals surface area contributed by atoms with Crippen LogP contribution in [-0.2, 0) is 6.42 Å². The third-order valence-corrected chi connectivity index (χ3v) is 4.48. The van der Waals surface area contributed by atoms with Gasteiger partial charge in [-0.05, 0) is 37.1 Å². The number of rotatable bonds is 4. The predicted octanol–water partition coefficient (Wildman–Crippen LogP) is 3.12. The van der Waals surface area contributed by atoms with Crippen LogP contribution in [0, 0.1) is 0 Å². The van der Waals surface area contributed by atoms with Crippen molar-refractivity contribution >= 4 is 34.5 Å². The topological polar surface area (TPSA) is 37.8 Å². The lowest BCUT2D eigenvalue weighted by atomic mass is 10.1. The lowest BCUT2D eigenvalue weighted by Gasteiger charge is -2.12. The van der Waals surface area contributed by atoms with Crippen molar-refractivity contribution in [2.75, 3.05) is 7.05 Å². The van der Waals surface area contributed by atoms with Crippen LogP contribution >= 0.6 is 34.5 Å². The Balaban J connectivity index is 2.36. The van der Waals surface area contributed by atoms with Gasteiger partial charge in [0.25, 0.3) is 0 Å². The summed E-state index contributed by atoms with van der Waals surface area (Å²) >= 11 is 9.00. The molecule has 16 heavy (non-hydrogen) atoms. The zero-order valence-electron chi connectivity index (χ0n) is 9.03. The van der Waals surface area contributed by atoms with E-state index in [0.29, 0.717) is 0 Å². The number of thiophene rings is 1. The molecular weight excluding hydrogens is 262 g/mol. The van der Waals surface area contributed by atoms with E-state index in [1.807, 2.05) is 19.2 Å². The molecule has 0 spiro atoms. The Bertz CT molecular complexity index is 466. The van der Waals surface area contributed by atoms with Crippen LogP contribution in [0.3, 0.4) is 0 Å². The van der Waals surface area contributed by atoms with E-state index in [4.69, 9.17) is 11.6 Å². The summed E-state index contributed by atoms with van der Waals surface area (Å²) in [5, 5.41) is 7.43. The van der Waals surface area contributed by atoms with Gasteiger partial charge < -0.3 is 5.32 Å². The van der Waals surface area contributed by atoms with E-state index < -0.39 is 0 Å². The molecule has 0 aliphatic rings. The molecule has 0 bridgehead atoms. The minimum Gasteiger partial charge on any atom is -0.308 e. The smallest absolute Gasteiger partial charge is 0.0931 e. The molecule has 0 aliphatic carbocycles. The molecule has 0 aromatic carbocycles. The average molecular weight is 274 g/mol. The number of nitrogens with one attached hydrogen (secondary N) is 1. The molecule has 0 saturated carbocycles. The molecule has 2 rings (SSSR count). The van der Waals surface area contributed by atoms with Gasteiger partial charge in [0, 0.05) is 4.88 Å². The van der Waals surface area contributed by atoms with E-state index in [1.165, 1.54) is 21.3 Å². The molecule has 2 aromatic heterocycles. The summed E-state index contributed by atoms with van der Waals surface area (Å²) < 4.78 is 4.83. The van der Waals surface area contributed by atoms with E-state index >= 15 is 0 Å². The van der Waals surface area contributed by atoms with E-state index in [9.17, 15) is 0 Å². The van der Waals surface area contributed by atoms with Crippen molar-refractivity contribution in [2.45, 2.75) is 19.4 Å². The third-order valence-electron chi connectivity index (χ3n) is 2.35. The zero-order valence-corrected chi connectivity index (χ0v) is 11.4. The fraction of sp³-hybridized carbons (Fsp3) is 0.400. The monoisotopic (exact) mass is 273 g/mol. The van der Waals surface area contributed by atoms with Crippen molar-refractivity contribution in [2.24, 2.45) is 0 Å². The number of hydrogen-bond acceptors (Lipinski definition) is 5. The van der Waals surface area contributed by atoms with Gasteiger partial charge in [-0.15, -0.1) is 16.4 Å². The van der Waals surface area contributed by atoms with E-state index in [2.05, 4.69) is 21.8 Å². The maximum Gasteiger partial charge on any atom is 0.0931 e. The van der Waals surface area contributed by atoms with Crippen LogP contribution in [0.4, 0.5) is 0 Å². The van der Waals surface area contributed by atoms with Gasteiger partial charge in [0.15, 0.2) is 0 Å². The molecule has 0 amide bonds. The Hall–Kier alpha value is -0.490. The van der Waals surface area contributed by atoms with Crippen molar-refractivity contribution in [3.05, 3.63) is 31.9 Å². The van der Waals surface area contributed by atoms with Crippen molar-refractivity contribution < 1.29 is 0 Å². The fourth-order valence-electron chi connectivity index (χ4n) is 1.57. The third kappa shape index (κ3) is 2.27. The zero-order chi connectivity index (χ0) is 11.5. The maximum atomic E-state index is 5.96. The number of aromatic nitrogens is 2. The highest BCUT2D eigenvalue weighted by Gasteiger charge is 2.20. The molecule has 1 atom stereocenters. The number of hydrogen-bond donors (Lipinski definition) is 1. The van der Waals surface area contributed by atoms with Crippen molar-refractivity contribution in [3.63, 3.8) is 0 Å². The predicted molar refractivity (Wildman–Crippen MR) is 69.5 cm³/mol. The van der Waals surface area contributed by atoms with Crippen molar-refractivity contribution in [1.82, 2.24) is 14.9 Å².